The van der Waals surface area contributed by atoms with E-state index in [0.29, 0.717) is 29.5 Å². The van der Waals surface area contributed by atoms with Crippen LogP contribution in [0.3, 0.4) is 0 Å². The van der Waals surface area contributed by atoms with Crippen molar-refractivity contribution in [2.75, 3.05) is 26.5 Å². The maximum absolute atomic E-state index is 12.2. The van der Waals surface area contributed by atoms with Gasteiger partial charge in [-0.05, 0) is 48.0 Å². The van der Waals surface area contributed by atoms with Gasteiger partial charge < -0.3 is 19.5 Å². The summed E-state index contributed by atoms with van der Waals surface area (Å²) in [5.74, 6) is 2.43. The Bertz CT molecular complexity index is 1110. The molecule has 0 radical (unpaired) electrons. The molecule has 0 fully saturated rings. The minimum Gasteiger partial charge on any atom is -0.497 e. The maximum Gasteiger partial charge on any atom is 0.230 e. The van der Waals surface area contributed by atoms with Crippen molar-refractivity contribution in [2.45, 2.75) is 17.4 Å². The molecule has 1 atom stereocenters. The van der Waals surface area contributed by atoms with Crippen LogP contribution in [0.1, 0.15) is 5.56 Å². The van der Waals surface area contributed by atoms with Crippen LogP contribution in [0.5, 0.6) is 17.2 Å². The number of thioether (sulfide) groups is 1. The van der Waals surface area contributed by atoms with Crippen LogP contribution in [-0.2, 0) is 11.2 Å². The zero-order chi connectivity index (χ0) is 22.5. The standard InChI is InChI=1S/C24H23ClN2O4S/c1-29-17-3-4-22(30-2)20(12-17)15-9-16-10-18(31-24(16)21(25)11-15)13-27-23(28)14-32-19-5-7-26-8-6-19/h3-9,11-12,18H,10,13-14H2,1-2H3,(H,27,28). The van der Waals surface area contributed by atoms with Crippen molar-refractivity contribution in [3.05, 3.63) is 65.4 Å². The van der Waals surface area contributed by atoms with Crippen molar-refractivity contribution in [1.82, 2.24) is 10.3 Å². The van der Waals surface area contributed by atoms with Gasteiger partial charge in [0.1, 0.15) is 23.4 Å². The van der Waals surface area contributed by atoms with E-state index in [2.05, 4.69) is 16.4 Å². The number of carbonyl (C=O) groups excluding carboxylic acids is 1. The number of pyridine rings is 1. The summed E-state index contributed by atoms with van der Waals surface area (Å²) in [5.41, 5.74) is 2.82. The second-order valence-electron chi connectivity index (χ2n) is 7.23. The molecule has 1 unspecified atom stereocenters. The first-order valence-electron chi connectivity index (χ1n) is 10.1. The van der Waals surface area contributed by atoms with E-state index in [4.69, 9.17) is 25.8 Å². The number of methoxy groups -OCH3 is 2. The summed E-state index contributed by atoms with van der Waals surface area (Å²) in [5, 5.41) is 3.48. The van der Waals surface area contributed by atoms with E-state index in [1.807, 2.05) is 36.4 Å². The molecule has 2 aromatic carbocycles. The Labute approximate surface area is 196 Å². The number of amides is 1. The van der Waals surface area contributed by atoms with Crippen LogP contribution in [0, 0.1) is 0 Å². The number of nitrogens with one attached hydrogen (secondary N) is 1. The summed E-state index contributed by atoms with van der Waals surface area (Å²) in [7, 11) is 3.26. The highest BCUT2D eigenvalue weighted by molar-refractivity contribution is 8.00. The molecule has 4 rings (SSSR count). The smallest absolute Gasteiger partial charge is 0.230 e. The van der Waals surface area contributed by atoms with Gasteiger partial charge in [-0.3, -0.25) is 9.78 Å². The molecule has 1 N–H and O–H groups in total. The van der Waals surface area contributed by atoms with Gasteiger partial charge in [-0.25, -0.2) is 0 Å². The largest absolute Gasteiger partial charge is 0.497 e. The monoisotopic (exact) mass is 470 g/mol. The molecule has 0 aliphatic carbocycles. The second-order valence-corrected chi connectivity index (χ2v) is 8.69. The Hall–Kier alpha value is -2.90. The number of hydrogen-bond donors (Lipinski definition) is 1. The van der Waals surface area contributed by atoms with Gasteiger partial charge in [0.15, 0.2) is 0 Å². The van der Waals surface area contributed by atoms with Crippen molar-refractivity contribution in [3.8, 4) is 28.4 Å². The second kappa shape index (κ2) is 10.1. The number of ether oxygens (including phenoxy) is 3. The maximum atomic E-state index is 12.2. The Morgan fingerprint density at radius 3 is 2.75 bits per heavy atom. The SMILES string of the molecule is COc1ccc(OC)c(-c2cc(Cl)c3c(c2)CC(CNC(=O)CSc2ccncc2)O3)c1. The molecular weight excluding hydrogens is 448 g/mol. The molecule has 32 heavy (non-hydrogen) atoms. The molecule has 0 spiro atoms. The molecule has 0 saturated heterocycles. The summed E-state index contributed by atoms with van der Waals surface area (Å²) < 4.78 is 16.9. The number of rotatable bonds is 8. The highest BCUT2D eigenvalue weighted by Gasteiger charge is 2.27. The minimum absolute atomic E-state index is 0.0423. The average Bonchev–Trinajstić information content (AvgIpc) is 3.25. The molecule has 1 amide bonds. The third-order valence-electron chi connectivity index (χ3n) is 5.12. The average molecular weight is 471 g/mol. The lowest BCUT2D eigenvalue weighted by molar-refractivity contribution is -0.118. The van der Waals surface area contributed by atoms with Crippen LogP contribution >= 0.6 is 23.4 Å². The summed E-state index contributed by atoms with van der Waals surface area (Å²) >= 11 is 8.02. The van der Waals surface area contributed by atoms with Gasteiger partial charge in [0.05, 0.1) is 31.5 Å². The zero-order valence-corrected chi connectivity index (χ0v) is 19.3. The van der Waals surface area contributed by atoms with Crippen molar-refractivity contribution < 1.29 is 19.0 Å². The molecule has 0 saturated carbocycles. The number of aromatic nitrogens is 1. The number of hydrogen-bond acceptors (Lipinski definition) is 6. The third kappa shape index (κ3) is 5.11. The quantitative estimate of drug-likeness (QED) is 0.484. The third-order valence-corrected chi connectivity index (χ3v) is 6.41. The van der Waals surface area contributed by atoms with Crippen molar-refractivity contribution in [1.29, 1.82) is 0 Å². The van der Waals surface area contributed by atoms with Gasteiger partial charge in [0, 0.05) is 34.8 Å². The molecule has 8 heteroatoms. The predicted molar refractivity (Wildman–Crippen MR) is 126 cm³/mol. The Kier molecular flexibility index (Phi) is 7.07. The van der Waals surface area contributed by atoms with Gasteiger partial charge in [0.2, 0.25) is 5.91 Å². The van der Waals surface area contributed by atoms with E-state index < -0.39 is 0 Å². The normalized spacial score (nSPS) is 14.4. The minimum atomic E-state index is -0.167. The van der Waals surface area contributed by atoms with Gasteiger partial charge in [-0.15, -0.1) is 11.8 Å². The van der Waals surface area contributed by atoms with Crippen LogP contribution in [0.15, 0.2) is 59.8 Å². The van der Waals surface area contributed by atoms with E-state index in [1.165, 1.54) is 11.8 Å². The fraction of sp³-hybridized carbons (Fsp3) is 0.250. The van der Waals surface area contributed by atoms with Gasteiger partial charge in [-0.1, -0.05) is 11.6 Å². The molecule has 6 nitrogen and oxygen atoms in total. The van der Waals surface area contributed by atoms with Crippen LogP contribution in [-0.4, -0.2) is 43.5 Å². The lowest BCUT2D eigenvalue weighted by Gasteiger charge is -2.13. The molecule has 3 aromatic rings. The highest BCUT2D eigenvalue weighted by Crippen LogP contribution is 2.42. The highest BCUT2D eigenvalue weighted by atomic mass is 35.5. The fourth-order valence-corrected chi connectivity index (χ4v) is 4.56. The zero-order valence-electron chi connectivity index (χ0n) is 17.8. The topological polar surface area (TPSA) is 69.7 Å². The molecule has 1 aliphatic rings. The van der Waals surface area contributed by atoms with Crippen LogP contribution in [0.2, 0.25) is 5.02 Å². The number of halogens is 1. The first kappa shape index (κ1) is 22.3. The van der Waals surface area contributed by atoms with E-state index in [1.54, 1.807) is 26.6 Å². The molecule has 1 aromatic heterocycles. The van der Waals surface area contributed by atoms with Crippen LogP contribution < -0.4 is 19.5 Å². The van der Waals surface area contributed by atoms with Crippen molar-refractivity contribution in [2.24, 2.45) is 0 Å². The lowest BCUT2D eigenvalue weighted by atomic mass is 9.99. The first-order chi connectivity index (χ1) is 15.6. The van der Waals surface area contributed by atoms with Crippen LogP contribution in [0.25, 0.3) is 11.1 Å². The molecule has 166 valence electrons. The van der Waals surface area contributed by atoms with Crippen LogP contribution in [0.4, 0.5) is 0 Å². The van der Waals surface area contributed by atoms with E-state index in [-0.39, 0.29) is 12.0 Å². The molecule has 1 aliphatic heterocycles. The molecule has 0 bridgehead atoms. The summed E-state index contributed by atoms with van der Waals surface area (Å²) in [6, 6.07) is 13.3. The van der Waals surface area contributed by atoms with E-state index in [0.717, 1.165) is 33.1 Å². The molecule has 2 heterocycles. The number of carbonyl (C=O) groups is 1. The number of nitrogens with zero attached hydrogens (tertiary/aromatic N) is 1. The summed E-state index contributed by atoms with van der Waals surface area (Å²) in [6.45, 7) is 0.415. The number of benzene rings is 2. The Morgan fingerprint density at radius 1 is 1.19 bits per heavy atom. The Balaban J connectivity index is 1.41. The Morgan fingerprint density at radius 2 is 2.00 bits per heavy atom. The summed E-state index contributed by atoms with van der Waals surface area (Å²) in [4.78, 5) is 17.2. The van der Waals surface area contributed by atoms with Gasteiger partial charge in [0.25, 0.3) is 0 Å². The number of fused-ring (bicyclic) bond motifs is 1. The first-order valence-corrected chi connectivity index (χ1v) is 11.4. The fourth-order valence-electron chi connectivity index (χ4n) is 3.56. The summed E-state index contributed by atoms with van der Waals surface area (Å²) in [6.07, 6.45) is 3.92. The molecular formula is C24H23ClN2O4S. The van der Waals surface area contributed by atoms with Gasteiger partial charge >= 0.3 is 0 Å². The van der Waals surface area contributed by atoms with Crippen molar-refractivity contribution >= 4 is 29.3 Å². The van der Waals surface area contributed by atoms with Gasteiger partial charge in [-0.2, -0.15) is 0 Å². The van der Waals surface area contributed by atoms with E-state index in [9.17, 15) is 4.79 Å². The van der Waals surface area contributed by atoms with E-state index >= 15 is 0 Å². The predicted octanol–water partition coefficient (Wildman–Crippen LogP) is 4.63. The lowest BCUT2D eigenvalue weighted by Crippen LogP contribution is -2.35. The van der Waals surface area contributed by atoms with Crippen molar-refractivity contribution in [3.63, 3.8) is 0 Å².